The van der Waals surface area contributed by atoms with Gasteiger partial charge in [0.05, 0.1) is 12.2 Å². The van der Waals surface area contributed by atoms with Crippen LogP contribution in [0.5, 0.6) is 0 Å². The summed E-state index contributed by atoms with van der Waals surface area (Å²) in [5.41, 5.74) is -0.381. The predicted molar refractivity (Wildman–Crippen MR) is 159 cm³/mol. The van der Waals surface area contributed by atoms with E-state index in [1.165, 1.54) is 29.3 Å². The Hall–Kier alpha value is -4.61. The molecule has 46 heavy (non-hydrogen) atoms. The van der Waals surface area contributed by atoms with Gasteiger partial charge >= 0.3 is 0 Å². The SMILES string of the molecule is CN1CC(=O)N(c2nccc(C#N)n2)C(C(=O)N(c2cc(F)cc(F)c2)C(C(=O)NC2CCC(F)(F)CC2)c2ccccc2Cl)C1. The lowest BCUT2D eigenvalue weighted by molar-refractivity contribution is -0.131. The van der Waals surface area contributed by atoms with E-state index >= 15 is 0 Å². The summed E-state index contributed by atoms with van der Waals surface area (Å²) >= 11 is 6.54. The normalized spacial score (nSPS) is 19.3. The van der Waals surface area contributed by atoms with Crippen molar-refractivity contribution in [1.82, 2.24) is 20.2 Å². The minimum absolute atomic E-state index is 0.0336. The van der Waals surface area contributed by atoms with Gasteiger partial charge in [-0.3, -0.25) is 29.1 Å². The molecule has 0 radical (unpaired) electrons. The molecule has 1 saturated carbocycles. The lowest BCUT2D eigenvalue weighted by atomic mass is 9.91. The van der Waals surface area contributed by atoms with Crippen molar-refractivity contribution in [1.29, 1.82) is 5.26 Å². The molecule has 1 aliphatic heterocycles. The molecule has 3 aromatic rings. The number of anilines is 2. The van der Waals surface area contributed by atoms with E-state index in [4.69, 9.17) is 11.6 Å². The number of nitrogens with one attached hydrogen (secondary N) is 1. The van der Waals surface area contributed by atoms with Crippen LogP contribution in [-0.4, -0.2) is 70.7 Å². The summed E-state index contributed by atoms with van der Waals surface area (Å²) in [4.78, 5) is 53.9. The molecule has 3 amide bonds. The number of alkyl halides is 2. The van der Waals surface area contributed by atoms with E-state index in [2.05, 4.69) is 15.3 Å². The summed E-state index contributed by atoms with van der Waals surface area (Å²) in [5, 5.41) is 12.1. The summed E-state index contributed by atoms with van der Waals surface area (Å²) in [7, 11) is 1.57. The van der Waals surface area contributed by atoms with E-state index in [9.17, 15) is 37.2 Å². The van der Waals surface area contributed by atoms with E-state index in [1.54, 1.807) is 19.2 Å². The van der Waals surface area contributed by atoms with Gasteiger partial charge in [0.15, 0.2) is 0 Å². The van der Waals surface area contributed by atoms with Crippen molar-refractivity contribution in [3.63, 3.8) is 0 Å². The zero-order chi connectivity index (χ0) is 33.2. The van der Waals surface area contributed by atoms with Gasteiger partial charge in [0.2, 0.25) is 23.7 Å². The number of likely N-dealkylation sites (N-methyl/N-ethyl adjacent to an activating group) is 1. The molecule has 1 aliphatic carbocycles. The molecule has 1 saturated heterocycles. The quantitative estimate of drug-likeness (QED) is 0.374. The third kappa shape index (κ3) is 7.11. The number of hydrogen-bond donors (Lipinski definition) is 1. The number of nitrogens with zero attached hydrogens (tertiary/aromatic N) is 6. The number of nitriles is 1. The van der Waals surface area contributed by atoms with E-state index in [1.807, 2.05) is 6.07 Å². The Kier molecular flexibility index (Phi) is 9.55. The fraction of sp³-hybridized carbons (Fsp3) is 0.355. The van der Waals surface area contributed by atoms with Gasteiger partial charge in [0.1, 0.15) is 35.5 Å². The molecule has 10 nitrogen and oxygen atoms in total. The van der Waals surface area contributed by atoms with Gasteiger partial charge in [0.25, 0.3) is 5.91 Å². The van der Waals surface area contributed by atoms with Gasteiger partial charge in [-0.15, -0.1) is 0 Å². The number of aromatic nitrogens is 2. The molecule has 15 heteroatoms. The van der Waals surface area contributed by atoms with Crippen LogP contribution in [0.15, 0.2) is 54.7 Å². The van der Waals surface area contributed by atoms with Crippen LogP contribution in [0.2, 0.25) is 5.02 Å². The second-order valence-corrected chi connectivity index (χ2v) is 11.6. The smallest absolute Gasteiger partial charge is 0.252 e. The molecular formula is C31H28ClF4N7O3. The van der Waals surface area contributed by atoms with Gasteiger partial charge < -0.3 is 5.32 Å². The van der Waals surface area contributed by atoms with Crippen molar-refractivity contribution >= 4 is 41.0 Å². The van der Waals surface area contributed by atoms with Crippen molar-refractivity contribution in [3.05, 3.63) is 82.6 Å². The van der Waals surface area contributed by atoms with Crippen LogP contribution >= 0.6 is 11.6 Å². The average molecular weight is 658 g/mol. The number of amides is 3. The highest BCUT2D eigenvalue weighted by Gasteiger charge is 2.45. The number of benzene rings is 2. The second kappa shape index (κ2) is 13.4. The first-order chi connectivity index (χ1) is 21.9. The van der Waals surface area contributed by atoms with Crippen LogP contribution in [0, 0.1) is 23.0 Å². The molecule has 2 unspecified atom stereocenters. The first kappa shape index (κ1) is 32.8. The van der Waals surface area contributed by atoms with Crippen molar-refractivity contribution in [2.75, 3.05) is 29.9 Å². The van der Waals surface area contributed by atoms with E-state index in [0.29, 0.717) is 6.07 Å². The molecule has 2 fully saturated rings. The fourth-order valence-corrected chi connectivity index (χ4v) is 5.93. The monoisotopic (exact) mass is 657 g/mol. The van der Waals surface area contributed by atoms with Crippen LogP contribution in [0.25, 0.3) is 0 Å². The molecular weight excluding hydrogens is 630 g/mol. The minimum Gasteiger partial charge on any atom is -0.351 e. The van der Waals surface area contributed by atoms with Gasteiger partial charge in [-0.2, -0.15) is 5.26 Å². The van der Waals surface area contributed by atoms with Crippen molar-refractivity contribution in [2.45, 2.75) is 49.7 Å². The maximum atomic E-state index is 14.8. The molecule has 240 valence electrons. The average Bonchev–Trinajstić information content (AvgIpc) is 3.00. The summed E-state index contributed by atoms with van der Waals surface area (Å²) in [6, 6.07) is 7.68. The minimum atomic E-state index is -2.88. The molecule has 0 spiro atoms. The first-order valence-corrected chi connectivity index (χ1v) is 14.7. The standard InChI is InChI=1S/C31H28ClF4N7O3/c1-41-16-25(43(26(44)17-41)30-38-11-8-21(15-37)40-30)29(46)42(22-13-18(33)12-19(34)14-22)27(23-4-2-3-5-24(23)32)28(45)39-20-6-9-31(35,36)10-7-20/h2-5,8,11-14,20,25,27H,6-7,9-10,16-17H2,1H3,(H,39,45). The largest absolute Gasteiger partial charge is 0.351 e. The molecule has 5 rings (SSSR count). The number of carbonyl (C=O) groups excluding carboxylic acids is 3. The van der Waals surface area contributed by atoms with Crippen LogP contribution in [0.1, 0.15) is 43.0 Å². The van der Waals surface area contributed by atoms with E-state index in [0.717, 1.165) is 21.9 Å². The molecule has 2 heterocycles. The van der Waals surface area contributed by atoms with Gasteiger partial charge in [-0.25, -0.2) is 27.5 Å². The Morgan fingerprint density at radius 1 is 1.13 bits per heavy atom. The Morgan fingerprint density at radius 3 is 2.46 bits per heavy atom. The van der Waals surface area contributed by atoms with Gasteiger partial charge in [0, 0.05) is 48.3 Å². The summed E-state index contributed by atoms with van der Waals surface area (Å²) in [6.07, 6.45) is 0.235. The second-order valence-electron chi connectivity index (χ2n) is 11.2. The summed E-state index contributed by atoms with van der Waals surface area (Å²) in [6.45, 7) is -0.271. The highest BCUT2D eigenvalue weighted by Crippen LogP contribution is 2.37. The fourth-order valence-electron chi connectivity index (χ4n) is 5.69. The van der Waals surface area contributed by atoms with Crippen molar-refractivity contribution < 1.29 is 31.9 Å². The van der Waals surface area contributed by atoms with E-state index in [-0.39, 0.29) is 53.8 Å². The molecule has 1 aromatic heterocycles. The van der Waals surface area contributed by atoms with Gasteiger partial charge in [-0.1, -0.05) is 29.8 Å². The Bertz CT molecular complexity index is 1670. The van der Waals surface area contributed by atoms with Crippen LogP contribution in [-0.2, 0) is 14.4 Å². The van der Waals surface area contributed by atoms with Crippen LogP contribution < -0.4 is 15.1 Å². The summed E-state index contributed by atoms with van der Waals surface area (Å²) < 4.78 is 57.3. The zero-order valence-corrected chi connectivity index (χ0v) is 25.2. The Morgan fingerprint density at radius 2 is 1.80 bits per heavy atom. The number of rotatable bonds is 7. The van der Waals surface area contributed by atoms with Crippen molar-refractivity contribution in [2.24, 2.45) is 0 Å². The number of hydrogen-bond acceptors (Lipinski definition) is 7. The van der Waals surface area contributed by atoms with Crippen LogP contribution in [0.3, 0.4) is 0 Å². The molecule has 1 N–H and O–H groups in total. The summed E-state index contributed by atoms with van der Waals surface area (Å²) in [5.74, 6) is -7.66. The number of halogens is 5. The molecule has 2 aromatic carbocycles. The molecule has 0 bridgehead atoms. The first-order valence-electron chi connectivity index (χ1n) is 14.3. The third-order valence-corrected chi connectivity index (χ3v) is 8.21. The lowest BCUT2D eigenvalue weighted by Crippen LogP contribution is -2.63. The topological polar surface area (TPSA) is 123 Å². The van der Waals surface area contributed by atoms with Crippen LogP contribution in [0.4, 0.5) is 29.2 Å². The molecule has 2 atom stereocenters. The number of carbonyl (C=O) groups is 3. The zero-order valence-electron chi connectivity index (χ0n) is 24.5. The third-order valence-electron chi connectivity index (χ3n) is 7.86. The predicted octanol–water partition coefficient (Wildman–Crippen LogP) is 4.40. The van der Waals surface area contributed by atoms with Crippen molar-refractivity contribution in [3.8, 4) is 6.07 Å². The highest BCUT2D eigenvalue weighted by atomic mass is 35.5. The lowest BCUT2D eigenvalue weighted by Gasteiger charge is -2.41. The number of piperazine rings is 1. The maximum Gasteiger partial charge on any atom is 0.252 e. The van der Waals surface area contributed by atoms with E-state index < -0.39 is 66.2 Å². The Labute approximate surface area is 266 Å². The Balaban J connectivity index is 1.65. The molecule has 2 aliphatic rings. The van der Waals surface area contributed by atoms with Gasteiger partial charge in [-0.05, 0) is 44.2 Å². The highest BCUT2D eigenvalue weighted by molar-refractivity contribution is 6.31. The maximum absolute atomic E-state index is 14.8.